The molecule has 0 fully saturated rings. The van der Waals surface area contributed by atoms with E-state index in [1.807, 2.05) is 0 Å². The molecule has 0 aliphatic rings. The highest BCUT2D eigenvalue weighted by Gasteiger charge is 2.12. The lowest BCUT2D eigenvalue weighted by Crippen LogP contribution is -2.00. The molecule has 0 spiro atoms. The lowest BCUT2D eigenvalue weighted by Gasteiger charge is -2.12. The Hall–Kier alpha value is -1.89. The highest BCUT2D eigenvalue weighted by molar-refractivity contribution is 6.42. The van der Waals surface area contributed by atoms with E-state index in [0.717, 1.165) is 0 Å². The second-order valence-electron chi connectivity index (χ2n) is 4.41. The van der Waals surface area contributed by atoms with Crippen LogP contribution in [0.25, 0.3) is 0 Å². The molecule has 6 nitrogen and oxygen atoms in total. The van der Waals surface area contributed by atoms with Gasteiger partial charge in [0.25, 0.3) is 0 Å². The van der Waals surface area contributed by atoms with Crippen molar-refractivity contribution in [2.75, 3.05) is 26.8 Å². The molecular weight excluding hydrogens is 377 g/mol. The van der Waals surface area contributed by atoms with Gasteiger partial charge in [-0.25, -0.2) is 4.98 Å². The van der Waals surface area contributed by atoms with Crippen LogP contribution in [0.15, 0.2) is 23.3 Å². The van der Waals surface area contributed by atoms with Gasteiger partial charge in [0.2, 0.25) is 0 Å². The molecule has 0 radical (unpaired) electrons. The highest BCUT2D eigenvalue weighted by Crippen LogP contribution is 2.33. The fourth-order valence-electron chi connectivity index (χ4n) is 1.84. The molecule has 0 unspecified atom stereocenters. The highest BCUT2D eigenvalue weighted by atomic mass is 35.5. The van der Waals surface area contributed by atoms with E-state index in [0.29, 0.717) is 22.8 Å². The van der Waals surface area contributed by atoms with Gasteiger partial charge in [-0.05, 0) is 6.07 Å². The zero-order chi connectivity index (χ0) is 17.7. The Labute approximate surface area is 154 Å². The number of anilines is 1. The molecule has 0 saturated heterocycles. The van der Waals surface area contributed by atoms with Crippen molar-refractivity contribution >= 4 is 46.8 Å². The van der Waals surface area contributed by atoms with Crippen molar-refractivity contribution in [3.63, 3.8) is 0 Å². The quantitative estimate of drug-likeness (QED) is 0.446. The first-order valence-corrected chi connectivity index (χ1v) is 7.74. The van der Waals surface area contributed by atoms with E-state index < -0.39 is 0 Å². The summed E-state index contributed by atoms with van der Waals surface area (Å²) in [6, 6.07) is 4.91. The van der Waals surface area contributed by atoms with Gasteiger partial charge >= 0.3 is 0 Å². The zero-order valence-electron chi connectivity index (χ0n) is 13.1. The monoisotopic (exact) mass is 389 g/mol. The average molecular weight is 391 g/mol. The Morgan fingerprint density at radius 3 is 2.12 bits per heavy atom. The van der Waals surface area contributed by atoms with Gasteiger partial charge in [0.1, 0.15) is 22.4 Å². The number of hydrogen-bond acceptors (Lipinski definition) is 6. The van der Waals surface area contributed by atoms with Gasteiger partial charge in [-0.2, -0.15) is 5.10 Å². The molecule has 0 aliphatic carbocycles. The van der Waals surface area contributed by atoms with E-state index in [1.165, 1.54) is 26.5 Å². The second-order valence-corrected chi connectivity index (χ2v) is 5.58. The van der Waals surface area contributed by atoms with E-state index in [-0.39, 0.29) is 21.0 Å². The molecule has 1 aromatic carbocycles. The fourth-order valence-corrected chi connectivity index (χ4v) is 2.38. The molecule has 0 saturated carbocycles. The Kier molecular flexibility index (Phi) is 6.36. The van der Waals surface area contributed by atoms with Gasteiger partial charge in [-0.3, -0.25) is 5.43 Å². The number of hydrogen-bond donors (Lipinski definition) is 1. The summed E-state index contributed by atoms with van der Waals surface area (Å²) in [7, 11) is 4.63. The fraction of sp³-hybridized carbons (Fsp3) is 0.200. The Bertz CT molecular complexity index is 744. The first-order chi connectivity index (χ1) is 11.5. The van der Waals surface area contributed by atoms with Gasteiger partial charge in [0, 0.05) is 12.1 Å². The number of methoxy groups -OCH3 is 3. The number of aromatic nitrogens is 1. The summed E-state index contributed by atoms with van der Waals surface area (Å²) in [5, 5.41) is 4.76. The van der Waals surface area contributed by atoms with Gasteiger partial charge < -0.3 is 14.2 Å². The molecule has 2 aromatic rings. The van der Waals surface area contributed by atoms with Crippen molar-refractivity contribution < 1.29 is 14.2 Å². The van der Waals surface area contributed by atoms with E-state index >= 15 is 0 Å². The van der Waals surface area contributed by atoms with Crippen LogP contribution in [0.4, 0.5) is 5.82 Å². The van der Waals surface area contributed by atoms with Crippen LogP contribution < -0.4 is 19.6 Å². The molecule has 24 heavy (non-hydrogen) atoms. The van der Waals surface area contributed by atoms with Crippen LogP contribution in [0.2, 0.25) is 15.2 Å². The summed E-state index contributed by atoms with van der Waals surface area (Å²) in [6.45, 7) is 0. The number of halogens is 3. The topological polar surface area (TPSA) is 65.0 Å². The average Bonchev–Trinajstić information content (AvgIpc) is 2.58. The minimum absolute atomic E-state index is 0.123. The smallest absolute Gasteiger partial charge is 0.166 e. The maximum absolute atomic E-state index is 6.03. The Balaban J connectivity index is 2.30. The maximum Gasteiger partial charge on any atom is 0.166 e. The number of nitrogens with zero attached hydrogens (tertiary/aromatic N) is 2. The van der Waals surface area contributed by atoms with Crippen LogP contribution in [0.5, 0.6) is 17.2 Å². The number of benzene rings is 1. The van der Waals surface area contributed by atoms with Crippen LogP contribution in [-0.4, -0.2) is 32.5 Å². The number of ether oxygens (including phenoxy) is 3. The molecule has 1 heterocycles. The molecule has 9 heteroatoms. The van der Waals surface area contributed by atoms with Crippen LogP contribution in [0, 0.1) is 0 Å². The van der Waals surface area contributed by atoms with E-state index in [9.17, 15) is 0 Å². The largest absolute Gasteiger partial charge is 0.496 e. The first-order valence-electron chi connectivity index (χ1n) is 6.60. The van der Waals surface area contributed by atoms with E-state index in [1.54, 1.807) is 19.2 Å². The van der Waals surface area contributed by atoms with E-state index in [2.05, 4.69) is 15.5 Å². The summed E-state index contributed by atoms with van der Waals surface area (Å²) in [6.07, 6.45) is 1.51. The summed E-state index contributed by atoms with van der Waals surface area (Å²) in [5.41, 5.74) is 3.32. The standard InChI is InChI=1S/C15H14Cl3N3O3/c1-22-8-4-12(23-2)9(13(5-8)24-3)7-19-21-15-11(17)6-10(16)14(18)20-15/h4-7H,1-3H3,(H,20,21). The molecule has 0 atom stereocenters. The molecular formula is C15H14Cl3N3O3. The van der Waals surface area contributed by atoms with Crippen molar-refractivity contribution in [2.45, 2.75) is 0 Å². The van der Waals surface area contributed by atoms with Crippen molar-refractivity contribution in [3.8, 4) is 17.2 Å². The molecule has 1 N–H and O–H groups in total. The Morgan fingerprint density at radius 1 is 0.958 bits per heavy atom. The first kappa shape index (κ1) is 18.4. The van der Waals surface area contributed by atoms with Crippen molar-refractivity contribution in [1.29, 1.82) is 0 Å². The van der Waals surface area contributed by atoms with Crippen LogP contribution in [0.3, 0.4) is 0 Å². The SMILES string of the molecule is COc1cc(OC)c(C=NNc2nc(Cl)c(Cl)cc2Cl)c(OC)c1. The van der Waals surface area contributed by atoms with Crippen molar-refractivity contribution in [1.82, 2.24) is 4.98 Å². The molecule has 128 valence electrons. The molecule has 1 aromatic heterocycles. The summed E-state index contributed by atoms with van der Waals surface area (Å²) in [4.78, 5) is 4.01. The lowest BCUT2D eigenvalue weighted by atomic mass is 10.2. The Morgan fingerprint density at radius 2 is 1.58 bits per heavy atom. The predicted octanol–water partition coefficient (Wildman–Crippen LogP) is 4.51. The van der Waals surface area contributed by atoms with Crippen molar-refractivity contribution in [2.24, 2.45) is 5.10 Å². The van der Waals surface area contributed by atoms with Gasteiger partial charge in [0.15, 0.2) is 5.82 Å². The van der Waals surface area contributed by atoms with Crippen LogP contribution in [0.1, 0.15) is 5.56 Å². The number of pyridine rings is 1. The summed E-state index contributed by atoms with van der Waals surface area (Å²) in [5.74, 6) is 1.94. The van der Waals surface area contributed by atoms with Gasteiger partial charge in [-0.1, -0.05) is 34.8 Å². The molecule has 0 amide bonds. The lowest BCUT2D eigenvalue weighted by molar-refractivity contribution is 0.374. The number of rotatable bonds is 6. The number of hydrazone groups is 1. The predicted molar refractivity (Wildman–Crippen MR) is 96.6 cm³/mol. The summed E-state index contributed by atoms with van der Waals surface area (Å²) < 4.78 is 15.9. The third-order valence-electron chi connectivity index (χ3n) is 3.00. The minimum atomic E-state index is 0.123. The van der Waals surface area contributed by atoms with Crippen molar-refractivity contribution in [3.05, 3.63) is 39.0 Å². The summed E-state index contributed by atoms with van der Waals surface area (Å²) >= 11 is 17.7. The van der Waals surface area contributed by atoms with E-state index in [4.69, 9.17) is 49.0 Å². The minimum Gasteiger partial charge on any atom is -0.496 e. The van der Waals surface area contributed by atoms with Crippen LogP contribution in [-0.2, 0) is 0 Å². The van der Waals surface area contributed by atoms with Gasteiger partial charge in [0.05, 0.1) is 43.2 Å². The third-order valence-corrected chi connectivity index (χ3v) is 3.97. The second kappa shape index (κ2) is 8.28. The van der Waals surface area contributed by atoms with Crippen LogP contribution >= 0.6 is 34.8 Å². The maximum atomic E-state index is 6.03. The number of nitrogens with one attached hydrogen (secondary N) is 1. The molecule has 2 rings (SSSR count). The van der Waals surface area contributed by atoms with Gasteiger partial charge in [-0.15, -0.1) is 0 Å². The molecule has 0 aliphatic heterocycles. The third kappa shape index (κ3) is 4.14. The zero-order valence-corrected chi connectivity index (χ0v) is 15.3. The molecule has 0 bridgehead atoms. The normalized spacial score (nSPS) is 10.8.